The molecule has 0 atom stereocenters. The van der Waals surface area contributed by atoms with Crippen molar-refractivity contribution < 1.29 is 4.79 Å². The number of rotatable bonds is 1. The van der Waals surface area contributed by atoms with Crippen molar-refractivity contribution in [3.05, 3.63) is 23.9 Å². The Labute approximate surface area is 58.3 Å². The Morgan fingerprint density at radius 2 is 2.44 bits per heavy atom. The predicted octanol–water partition coefficient (Wildman–Crippen LogP) is 1.14. The van der Waals surface area contributed by atoms with E-state index in [-0.39, 0.29) is 5.78 Å². The number of allylic oxidation sites excluding steroid dienone is 4. The molecule has 0 unspecified atom stereocenters. The second kappa shape index (κ2) is 2.69. The van der Waals surface area contributed by atoms with Gasteiger partial charge in [-0.3, -0.25) is 9.63 Å². The normalized spacial score (nSPS) is 17.4. The summed E-state index contributed by atoms with van der Waals surface area (Å²) in [5.74, 6) is 0.0347. The largest absolute Gasteiger partial charge is 0.295 e. The molecule has 1 rings (SSSR count). The van der Waals surface area contributed by atoms with E-state index < -0.39 is 0 Å². The first-order valence-electron chi connectivity index (χ1n) is 2.61. The zero-order chi connectivity index (χ0) is 6.69. The van der Waals surface area contributed by atoms with Gasteiger partial charge in [0.1, 0.15) is 0 Å². The Balaban J connectivity index is 2.74. The maximum Gasteiger partial charge on any atom is 0.183 e. The lowest BCUT2D eigenvalue weighted by Crippen LogP contribution is -2.12. The molecular weight excluding hydrogens is 138 g/mol. The van der Waals surface area contributed by atoms with Gasteiger partial charge in [0.25, 0.3) is 0 Å². The number of carbonyl (C=O) groups excluding carboxylic acids is 1. The molecule has 0 aromatic heterocycles. The first kappa shape index (κ1) is 6.36. The summed E-state index contributed by atoms with van der Waals surface area (Å²) in [7, 11) is 0. The first-order chi connectivity index (χ1) is 4.34. The van der Waals surface area contributed by atoms with Gasteiger partial charge in [0.2, 0.25) is 0 Å². The van der Waals surface area contributed by atoms with Crippen LogP contribution in [-0.4, -0.2) is 5.78 Å². The Hall–Kier alpha value is -0.760. The van der Waals surface area contributed by atoms with Gasteiger partial charge in [-0.15, -0.1) is 0 Å². The molecule has 0 fully saturated rings. The van der Waals surface area contributed by atoms with Crippen LogP contribution in [-0.2, 0) is 4.79 Å². The van der Waals surface area contributed by atoms with Gasteiger partial charge < -0.3 is 0 Å². The predicted molar refractivity (Wildman–Crippen MR) is 35.8 cm³/mol. The van der Waals surface area contributed by atoms with Crippen LogP contribution >= 0.6 is 11.8 Å². The summed E-state index contributed by atoms with van der Waals surface area (Å²) in [6, 6.07) is 0. The maximum absolute atomic E-state index is 10.8. The van der Waals surface area contributed by atoms with Crippen molar-refractivity contribution >= 4 is 17.6 Å². The number of nitrogens with one attached hydrogen (secondary N) is 1. The highest BCUT2D eigenvalue weighted by Gasteiger charge is 2.07. The molecule has 0 aromatic rings. The van der Waals surface area contributed by atoms with Gasteiger partial charge in [0.05, 0.1) is 5.70 Å². The average Bonchev–Trinajstić information content (AvgIpc) is 1.89. The summed E-state index contributed by atoms with van der Waals surface area (Å²) in [6.45, 7) is 0. The number of hydrogen-bond donors (Lipinski definition) is 1. The lowest BCUT2D eigenvalue weighted by Gasteiger charge is -2.02. The van der Waals surface area contributed by atoms with E-state index in [4.69, 9.17) is 11.8 Å². The molecule has 3 heteroatoms. The van der Waals surface area contributed by atoms with Crippen molar-refractivity contribution in [3.63, 3.8) is 0 Å². The molecule has 0 radical (unpaired) electrons. The molecule has 9 heavy (non-hydrogen) atoms. The van der Waals surface area contributed by atoms with Crippen molar-refractivity contribution in [2.45, 2.75) is 6.42 Å². The summed E-state index contributed by atoms with van der Waals surface area (Å²) < 4.78 is 0. The van der Waals surface area contributed by atoms with Gasteiger partial charge >= 0.3 is 0 Å². The monoisotopic (exact) mass is 143 g/mol. The quantitative estimate of drug-likeness (QED) is 0.558. The molecule has 0 saturated heterocycles. The molecule has 48 valence electrons. The molecule has 1 aliphatic rings. The van der Waals surface area contributed by atoms with Crippen LogP contribution in [0.5, 0.6) is 0 Å². The van der Waals surface area contributed by atoms with Crippen LogP contribution in [0.1, 0.15) is 6.42 Å². The summed E-state index contributed by atoms with van der Waals surface area (Å²) in [5.41, 5.74) is 0.471. The Morgan fingerprint density at radius 1 is 1.67 bits per heavy atom. The van der Waals surface area contributed by atoms with Crippen molar-refractivity contribution in [3.8, 4) is 0 Å². The summed E-state index contributed by atoms with van der Waals surface area (Å²) in [5, 5.41) is 0. The van der Waals surface area contributed by atoms with E-state index in [1.807, 2.05) is 0 Å². The molecule has 0 aromatic carbocycles. The van der Waals surface area contributed by atoms with Gasteiger partial charge in [-0.2, -0.15) is 0 Å². The van der Waals surface area contributed by atoms with E-state index in [1.165, 1.54) is 0 Å². The Bertz CT molecular complexity index is 183. The molecule has 0 bridgehead atoms. The maximum atomic E-state index is 10.8. The highest BCUT2D eigenvalue weighted by molar-refractivity contribution is 6.18. The van der Waals surface area contributed by atoms with Gasteiger partial charge in [-0.1, -0.05) is 12.2 Å². The highest BCUT2D eigenvalue weighted by Crippen LogP contribution is 2.04. The molecule has 0 amide bonds. The number of halogens is 1. The van der Waals surface area contributed by atoms with Crippen LogP contribution in [0.25, 0.3) is 0 Å². The summed E-state index contributed by atoms with van der Waals surface area (Å²) in [6.07, 6.45) is 5.69. The third kappa shape index (κ3) is 1.33. The van der Waals surface area contributed by atoms with Gasteiger partial charge in [-0.05, 0) is 6.08 Å². The van der Waals surface area contributed by atoms with Gasteiger partial charge in [0.15, 0.2) is 5.78 Å². The minimum Gasteiger partial charge on any atom is -0.295 e. The first-order valence-corrected chi connectivity index (χ1v) is 2.99. The molecule has 2 nitrogen and oxygen atoms in total. The third-order valence-corrected chi connectivity index (χ3v) is 1.31. The van der Waals surface area contributed by atoms with Crippen LogP contribution in [0.4, 0.5) is 0 Å². The van der Waals surface area contributed by atoms with Crippen LogP contribution in [0, 0.1) is 0 Å². The summed E-state index contributed by atoms with van der Waals surface area (Å²) in [4.78, 5) is 13.0. The van der Waals surface area contributed by atoms with Gasteiger partial charge in [0, 0.05) is 18.2 Å². The molecule has 0 saturated carbocycles. The van der Waals surface area contributed by atoms with Crippen molar-refractivity contribution in [1.82, 2.24) is 4.84 Å². The fraction of sp³-hybridized carbons (Fsp3) is 0.167. The second-order valence-corrected chi connectivity index (χ2v) is 1.92. The second-order valence-electron chi connectivity index (χ2n) is 1.73. The number of hydrogen-bond acceptors (Lipinski definition) is 2. The molecule has 1 aliphatic carbocycles. The van der Waals surface area contributed by atoms with Crippen molar-refractivity contribution in [1.29, 1.82) is 0 Å². The minimum atomic E-state index is 0.0347. The van der Waals surface area contributed by atoms with Crippen molar-refractivity contribution in [2.24, 2.45) is 0 Å². The number of ketones is 1. The van der Waals surface area contributed by atoms with Gasteiger partial charge in [-0.25, -0.2) is 0 Å². The Kier molecular flexibility index (Phi) is 1.90. The van der Waals surface area contributed by atoms with E-state index in [0.717, 1.165) is 0 Å². The minimum absolute atomic E-state index is 0.0347. The van der Waals surface area contributed by atoms with Crippen LogP contribution < -0.4 is 4.84 Å². The fourth-order valence-corrected chi connectivity index (χ4v) is 0.795. The molecule has 0 aliphatic heterocycles. The van der Waals surface area contributed by atoms with Crippen molar-refractivity contribution in [2.75, 3.05) is 0 Å². The highest BCUT2D eigenvalue weighted by atomic mass is 35.5. The molecule has 0 heterocycles. The topological polar surface area (TPSA) is 29.1 Å². The van der Waals surface area contributed by atoms with E-state index in [2.05, 4.69) is 4.84 Å². The third-order valence-electron chi connectivity index (χ3n) is 1.10. The smallest absolute Gasteiger partial charge is 0.183 e. The molecule has 1 N–H and O–H groups in total. The van der Waals surface area contributed by atoms with E-state index in [9.17, 15) is 4.79 Å². The number of carbonyl (C=O) groups is 1. The Morgan fingerprint density at radius 3 is 2.89 bits per heavy atom. The van der Waals surface area contributed by atoms with Crippen LogP contribution in [0.3, 0.4) is 0 Å². The average molecular weight is 144 g/mol. The zero-order valence-corrected chi connectivity index (χ0v) is 5.48. The fourth-order valence-electron chi connectivity index (χ4n) is 0.626. The zero-order valence-electron chi connectivity index (χ0n) is 4.73. The SMILES string of the molecule is O=C1CC=CC=C1NCl. The number of Topliss-reactive ketones (excluding diaryl/α,β-unsaturated/α-hetero) is 1. The molecular formula is C6H6ClNO. The van der Waals surface area contributed by atoms with Crippen LogP contribution in [0.2, 0.25) is 0 Å². The lowest BCUT2D eigenvalue weighted by atomic mass is 10.1. The van der Waals surface area contributed by atoms with E-state index >= 15 is 0 Å². The summed E-state index contributed by atoms with van der Waals surface area (Å²) >= 11 is 5.20. The standard InChI is InChI=1S/C6H6ClNO/c7-8-5-3-1-2-4-6(5)9/h1-3,8H,4H2. The van der Waals surface area contributed by atoms with Crippen LogP contribution in [0.15, 0.2) is 23.9 Å². The molecule has 0 spiro atoms. The van der Waals surface area contributed by atoms with E-state index in [0.29, 0.717) is 12.1 Å². The van der Waals surface area contributed by atoms with E-state index in [1.54, 1.807) is 18.2 Å². The lowest BCUT2D eigenvalue weighted by molar-refractivity contribution is -0.115.